The number of hydrogen-bond donors (Lipinski definition) is 1. The van der Waals surface area contributed by atoms with Crippen LogP contribution in [0.5, 0.6) is 5.88 Å². The Bertz CT molecular complexity index is 1140. The van der Waals surface area contributed by atoms with E-state index in [1.165, 1.54) is 27.3 Å². The van der Waals surface area contributed by atoms with Crippen molar-refractivity contribution < 1.29 is 4.74 Å². The Morgan fingerprint density at radius 2 is 1.97 bits per heavy atom. The first-order chi connectivity index (χ1) is 15.6. The van der Waals surface area contributed by atoms with Crippen molar-refractivity contribution in [2.45, 2.75) is 43.7 Å². The molecule has 1 aromatic heterocycles. The average molecular weight is 445 g/mol. The summed E-state index contributed by atoms with van der Waals surface area (Å²) in [5.74, 6) is 0.415. The number of aromatic nitrogens is 1. The number of rotatable bonds is 8. The zero-order valence-corrected chi connectivity index (χ0v) is 19.6. The summed E-state index contributed by atoms with van der Waals surface area (Å²) in [5, 5.41) is 14.1. The first-order valence-electron chi connectivity index (χ1n) is 11.0. The standard InChI is InChI=1S/C26H28N4OS/c1-4-31-25-21(16-27)15-22-26(29-25)32-23-12-11-18(2)19(3)24(23)30(22)14-8-13-28-17-20-9-6-5-7-10-20/h5-7,9-12,15,28H,4,8,13-14,17H2,1-3H3. The molecule has 0 fully saturated rings. The van der Waals surface area contributed by atoms with Gasteiger partial charge in [-0.15, -0.1) is 0 Å². The molecule has 0 unspecified atom stereocenters. The van der Waals surface area contributed by atoms with Gasteiger partial charge < -0.3 is 15.0 Å². The van der Waals surface area contributed by atoms with Crippen molar-refractivity contribution in [3.8, 4) is 11.9 Å². The lowest BCUT2D eigenvalue weighted by molar-refractivity contribution is 0.323. The maximum atomic E-state index is 9.68. The molecule has 4 rings (SSSR count). The Hall–Kier alpha value is -3.01. The second kappa shape index (κ2) is 10.1. The molecule has 5 nitrogen and oxygen atoms in total. The minimum Gasteiger partial charge on any atom is -0.477 e. The Labute approximate surface area is 194 Å². The fourth-order valence-corrected chi connectivity index (χ4v) is 5.01. The number of ether oxygens (including phenoxy) is 1. The molecule has 1 aliphatic heterocycles. The quantitative estimate of drug-likeness (QED) is 0.446. The number of nitrogens with zero attached hydrogens (tertiary/aromatic N) is 3. The number of benzene rings is 2. The molecule has 6 heteroatoms. The first kappa shape index (κ1) is 22.2. The minimum absolute atomic E-state index is 0.415. The van der Waals surface area contributed by atoms with E-state index in [-0.39, 0.29) is 0 Å². The molecule has 32 heavy (non-hydrogen) atoms. The molecule has 0 aliphatic carbocycles. The molecule has 0 saturated carbocycles. The average Bonchev–Trinajstić information content (AvgIpc) is 2.81. The Kier molecular flexibility index (Phi) is 6.99. The summed E-state index contributed by atoms with van der Waals surface area (Å²) in [7, 11) is 0. The van der Waals surface area contributed by atoms with Crippen LogP contribution in [-0.2, 0) is 6.54 Å². The van der Waals surface area contributed by atoms with Gasteiger partial charge in [-0.05, 0) is 62.6 Å². The molecule has 1 N–H and O–H groups in total. The number of nitriles is 1. The fraction of sp³-hybridized carbons (Fsp3) is 0.308. The van der Waals surface area contributed by atoms with Crippen molar-refractivity contribution in [3.63, 3.8) is 0 Å². The third-order valence-electron chi connectivity index (χ3n) is 5.67. The Morgan fingerprint density at radius 3 is 2.72 bits per heavy atom. The second-order valence-corrected chi connectivity index (χ2v) is 8.86. The molecule has 0 bridgehead atoms. The van der Waals surface area contributed by atoms with Crippen molar-refractivity contribution >= 4 is 23.1 Å². The van der Waals surface area contributed by atoms with Gasteiger partial charge in [0.1, 0.15) is 16.7 Å². The Balaban J connectivity index is 1.59. The van der Waals surface area contributed by atoms with E-state index in [9.17, 15) is 5.26 Å². The van der Waals surface area contributed by atoms with Gasteiger partial charge in [-0.2, -0.15) is 5.26 Å². The normalized spacial score (nSPS) is 12.1. The maximum absolute atomic E-state index is 9.68. The van der Waals surface area contributed by atoms with Crippen LogP contribution in [0.25, 0.3) is 0 Å². The lowest BCUT2D eigenvalue weighted by atomic mass is 10.1. The summed E-state index contributed by atoms with van der Waals surface area (Å²) in [6.07, 6.45) is 0.971. The highest BCUT2D eigenvalue weighted by atomic mass is 32.2. The third-order valence-corrected chi connectivity index (χ3v) is 6.72. The molecule has 3 aromatic rings. The van der Waals surface area contributed by atoms with E-state index in [0.29, 0.717) is 18.1 Å². The van der Waals surface area contributed by atoms with Crippen LogP contribution in [0.15, 0.2) is 58.5 Å². The summed E-state index contributed by atoms with van der Waals surface area (Å²) in [4.78, 5) is 8.24. The van der Waals surface area contributed by atoms with Gasteiger partial charge in [0.05, 0.1) is 18.0 Å². The molecule has 0 atom stereocenters. The van der Waals surface area contributed by atoms with E-state index in [1.807, 2.05) is 19.1 Å². The summed E-state index contributed by atoms with van der Waals surface area (Å²) >= 11 is 1.65. The maximum Gasteiger partial charge on any atom is 0.232 e. The molecule has 2 heterocycles. The molecule has 0 amide bonds. The van der Waals surface area contributed by atoms with Gasteiger partial charge in [0.15, 0.2) is 0 Å². The van der Waals surface area contributed by atoms with E-state index in [1.54, 1.807) is 11.8 Å². The SMILES string of the molecule is CCOc1nc2c(cc1C#N)N(CCCNCc1ccccc1)c1c(ccc(C)c1C)S2. The molecule has 2 aromatic carbocycles. The third kappa shape index (κ3) is 4.59. The highest BCUT2D eigenvalue weighted by Crippen LogP contribution is 2.50. The van der Waals surface area contributed by atoms with Crippen LogP contribution in [0.4, 0.5) is 11.4 Å². The molecule has 0 spiro atoms. The van der Waals surface area contributed by atoms with Gasteiger partial charge in [0.2, 0.25) is 5.88 Å². The molecule has 0 saturated heterocycles. The summed E-state index contributed by atoms with van der Waals surface area (Å²) in [6.45, 7) is 9.32. The van der Waals surface area contributed by atoms with E-state index >= 15 is 0 Å². The number of fused-ring (bicyclic) bond motifs is 2. The number of pyridine rings is 1. The number of aryl methyl sites for hydroxylation is 1. The van der Waals surface area contributed by atoms with Crippen molar-refractivity contribution in [1.29, 1.82) is 5.26 Å². The van der Waals surface area contributed by atoms with Crippen molar-refractivity contribution in [1.82, 2.24) is 10.3 Å². The largest absolute Gasteiger partial charge is 0.477 e. The van der Waals surface area contributed by atoms with Gasteiger partial charge in [-0.25, -0.2) is 4.98 Å². The zero-order valence-electron chi connectivity index (χ0n) is 18.8. The Morgan fingerprint density at radius 1 is 1.16 bits per heavy atom. The first-order valence-corrected chi connectivity index (χ1v) is 11.8. The lowest BCUT2D eigenvalue weighted by Gasteiger charge is -2.34. The molecular weight excluding hydrogens is 416 g/mol. The molecule has 0 radical (unpaired) electrons. The monoisotopic (exact) mass is 444 g/mol. The van der Waals surface area contributed by atoms with Crippen LogP contribution < -0.4 is 15.0 Å². The van der Waals surface area contributed by atoms with Crippen LogP contribution in [-0.4, -0.2) is 24.7 Å². The van der Waals surface area contributed by atoms with Gasteiger partial charge >= 0.3 is 0 Å². The van der Waals surface area contributed by atoms with Crippen LogP contribution in [0.3, 0.4) is 0 Å². The number of anilines is 2. The second-order valence-electron chi connectivity index (χ2n) is 7.83. The van der Waals surface area contributed by atoms with E-state index in [4.69, 9.17) is 9.72 Å². The van der Waals surface area contributed by atoms with Crippen LogP contribution in [0.2, 0.25) is 0 Å². The predicted octanol–water partition coefficient (Wildman–Crippen LogP) is 5.75. The van der Waals surface area contributed by atoms with E-state index in [0.717, 1.165) is 36.8 Å². The van der Waals surface area contributed by atoms with Gasteiger partial charge in [0.25, 0.3) is 0 Å². The minimum atomic E-state index is 0.415. The van der Waals surface area contributed by atoms with Crippen LogP contribution in [0.1, 0.15) is 35.6 Å². The van der Waals surface area contributed by atoms with E-state index < -0.39 is 0 Å². The highest BCUT2D eigenvalue weighted by molar-refractivity contribution is 7.99. The van der Waals surface area contributed by atoms with Gasteiger partial charge in [0, 0.05) is 18.0 Å². The van der Waals surface area contributed by atoms with Crippen LogP contribution in [0, 0.1) is 25.2 Å². The zero-order chi connectivity index (χ0) is 22.5. The highest BCUT2D eigenvalue weighted by Gasteiger charge is 2.28. The fourth-order valence-electron chi connectivity index (χ4n) is 3.91. The van der Waals surface area contributed by atoms with E-state index in [2.05, 4.69) is 66.5 Å². The van der Waals surface area contributed by atoms with Crippen molar-refractivity contribution in [2.24, 2.45) is 0 Å². The van der Waals surface area contributed by atoms with Gasteiger partial charge in [-0.3, -0.25) is 0 Å². The smallest absolute Gasteiger partial charge is 0.232 e. The number of nitrogens with one attached hydrogen (secondary N) is 1. The lowest BCUT2D eigenvalue weighted by Crippen LogP contribution is -2.27. The molecular formula is C26H28N4OS. The molecule has 1 aliphatic rings. The topological polar surface area (TPSA) is 61.2 Å². The van der Waals surface area contributed by atoms with Gasteiger partial charge in [-0.1, -0.05) is 48.2 Å². The summed E-state index contributed by atoms with van der Waals surface area (Å²) in [5.41, 5.74) is 6.51. The van der Waals surface area contributed by atoms with Crippen LogP contribution >= 0.6 is 11.8 Å². The number of hydrogen-bond acceptors (Lipinski definition) is 6. The predicted molar refractivity (Wildman–Crippen MR) is 130 cm³/mol. The van der Waals surface area contributed by atoms with Crippen molar-refractivity contribution in [2.75, 3.05) is 24.6 Å². The summed E-state index contributed by atoms with van der Waals surface area (Å²) in [6, 6.07) is 19.0. The molecule has 164 valence electrons. The summed E-state index contributed by atoms with van der Waals surface area (Å²) < 4.78 is 5.64. The van der Waals surface area contributed by atoms with Crippen molar-refractivity contribution in [3.05, 3.63) is 70.8 Å².